The van der Waals surface area contributed by atoms with Gasteiger partial charge in [0.15, 0.2) is 0 Å². The number of hydrogen-bond donors (Lipinski definition) is 3. The Morgan fingerprint density at radius 3 is 2.69 bits per heavy atom. The molecule has 1 fully saturated rings. The molecule has 1 saturated carbocycles. The predicted octanol–water partition coefficient (Wildman–Crippen LogP) is 0.343. The van der Waals surface area contributed by atoms with E-state index in [0.717, 1.165) is 12.8 Å². The minimum absolute atomic E-state index is 0.144. The summed E-state index contributed by atoms with van der Waals surface area (Å²) in [5.74, 6) is 0.606. The summed E-state index contributed by atoms with van der Waals surface area (Å²) in [5.41, 5.74) is 5.94. The van der Waals surface area contributed by atoms with Crippen molar-refractivity contribution in [3.63, 3.8) is 0 Å². The maximum Gasteiger partial charge on any atom is 0.0861 e. The van der Waals surface area contributed by atoms with E-state index in [-0.39, 0.29) is 12.6 Å². The van der Waals surface area contributed by atoms with Crippen LogP contribution < -0.4 is 5.73 Å². The predicted molar refractivity (Wildman–Crippen MR) is 55.8 cm³/mol. The first-order valence-corrected chi connectivity index (χ1v) is 5.95. The van der Waals surface area contributed by atoms with Gasteiger partial charge in [-0.3, -0.25) is 0 Å². The molecule has 4 heteroatoms. The molecule has 13 heavy (non-hydrogen) atoms. The van der Waals surface area contributed by atoms with Crippen molar-refractivity contribution in [2.45, 2.75) is 43.1 Å². The van der Waals surface area contributed by atoms with Crippen LogP contribution in [-0.2, 0) is 0 Å². The molecule has 0 aliphatic heterocycles. The second-order valence-electron chi connectivity index (χ2n) is 3.66. The fourth-order valence-corrected chi connectivity index (χ4v) is 2.91. The molecule has 0 heterocycles. The fourth-order valence-electron chi connectivity index (χ4n) is 1.62. The molecule has 4 N–H and O–H groups in total. The summed E-state index contributed by atoms with van der Waals surface area (Å²) in [6.45, 7) is -0.144. The molecule has 1 rings (SSSR count). The minimum atomic E-state index is -0.584. The third-order valence-electron chi connectivity index (χ3n) is 2.47. The normalized spacial score (nSPS) is 31.6. The molecule has 1 aliphatic carbocycles. The zero-order valence-corrected chi connectivity index (χ0v) is 8.67. The largest absolute Gasteiger partial charge is 0.394 e. The van der Waals surface area contributed by atoms with Crippen molar-refractivity contribution >= 4 is 11.8 Å². The van der Waals surface area contributed by atoms with E-state index in [1.807, 2.05) is 0 Å². The maximum absolute atomic E-state index is 9.16. The molecular formula is C9H19NO2S. The number of thioether (sulfide) groups is 1. The van der Waals surface area contributed by atoms with Gasteiger partial charge < -0.3 is 15.9 Å². The van der Waals surface area contributed by atoms with Gasteiger partial charge in [-0.1, -0.05) is 12.8 Å². The van der Waals surface area contributed by atoms with Crippen molar-refractivity contribution in [3.8, 4) is 0 Å². The molecule has 0 aromatic rings. The van der Waals surface area contributed by atoms with E-state index < -0.39 is 6.10 Å². The first kappa shape index (κ1) is 11.3. The summed E-state index contributed by atoms with van der Waals surface area (Å²) >= 11 is 1.70. The lowest BCUT2D eigenvalue weighted by Gasteiger charge is -2.28. The Labute approximate surface area is 83.7 Å². The quantitative estimate of drug-likeness (QED) is 0.619. The third kappa shape index (κ3) is 3.85. The van der Waals surface area contributed by atoms with Crippen LogP contribution in [0.25, 0.3) is 0 Å². The van der Waals surface area contributed by atoms with E-state index >= 15 is 0 Å². The van der Waals surface area contributed by atoms with Gasteiger partial charge in [-0.05, 0) is 12.8 Å². The molecule has 0 saturated heterocycles. The smallest absolute Gasteiger partial charge is 0.0861 e. The monoisotopic (exact) mass is 205 g/mol. The lowest BCUT2D eigenvalue weighted by molar-refractivity contribution is 0.113. The van der Waals surface area contributed by atoms with Gasteiger partial charge in [0.1, 0.15) is 0 Å². The average Bonchev–Trinajstić information content (AvgIpc) is 2.16. The van der Waals surface area contributed by atoms with Crippen LogP contribution in [0.1, 0.15) is 25.7 Å². The first-order valence-electron chi connectivity index (χ1n) is 4.90. The topological polar surface area (TPSA) is 66.5 Å². The molecule has 0 bridgehead atoms. The Hall–Kier alpha value is 0.230. The highest BCUT2D eigenvalue weighted by Gasteiger charge is 2.22. The maximum atomic E-state index is 9.16. The molecule has 1 aliphatic rings. The molecule has 0 radical (unpaired) electrons. The van der Waals surface area contributed by atoms with Crippen molar-refractivity contribution in [3.05, 3.63) is 0 Å². The molecule has 3 nitrogen and oxygen atoms in total. The summed E-state index contributed by atoms with van der Waals surface area (Å²) in [5, 5.41) is 18.3. The summed E-state index contributed by atoms with van der Waals surface area (Å²) in [4.78, 5) is 0. The molecule has 0 aromatic heterocycles. The standard InChI is InChI=1S/C9H19NO2S/c10-8-3-1-2-4-9(8)13-6-7(12)5-11/h7-9,11-12H,1-6,10H2. The van der Waals surface area contributed by atoms with Crippen molar-refractivity contribution in [1.29, 1.82) is 0 Å². The molecule has 0 spiro atoms. The van der Waals surface area contributed by atoms with Crippen LogP contribution >= 0.6 is 11.8 Å². The van der Waals surface area contributed by atoms with Crippen LogP contribution in [0.5, 0.6) is 0 Å². The highest BCUT2D eigenvalue weighted by Crippen LogP contribution is 2.27. The van der Waals surface area contributed by atoms with E-state index in [2.05, 4.69) is 0 Å². The van der Waals surface area contributed by atoms with Crippen LogP contribution in [0.2, 0.25) is 0 Å². The molecule has 78 valence electrons. The number of rotatable bonds is 4. The molecule has 3 unspecified atom stereocenters. The van der Waals surface area contributed by atoms with Crippen LogP contribution in [0.4, 0.5) is 0 Å². The highest BCUT2D eigenvalue weighted by atomic mass is 32.2. The van der Waals surface area contributed by atoms with E-state index in [4.69, 9.17) is 15.9 Å². The number of nitrogens with two attached hydrogens (primary N) is 1. The zero-order valence-electron chi connectivity index (χ0n) is 7.85. The number of hydrogen-bond acceptors (Lipinski definition) is 4. The third-order valence-corrected chi connectivity index (χ3v) is 4.06. The Bertz CT molecular complexity index is 146. The zero-order chi connectivity index (χ0) is 9.68. The minimum Gasteiger partial charge on any atom is -0.394 e. The van der Waals surface area contributed by atoms with Gasteiger partial charge in [-0.2, -0.15) is 11.8 Å². The van der Waals surface area contributed by atoms with Gasteiger partial charge in [-0.15, -0.1) is 0 Å². The SMILES string of the molecule is NC1CCCCC1SCC(O)CO. The van der Waals surface area contributed by atoms with Gasteiger partial charge in [0.2, 0.25) is 0 Å². The van der Waals surface area contributed by atoms with Crippen molar-refractivity contribution < 1.29 is 10.2 Å². The molecule has 3 atom stereocenters. The Kier molecular flexibility index (Phi) is 5.09. The van der Waals surface area contributed by atoms with Crippen molar-refractivity contribution in [2.24, 2.45) is 5.73 Å². The number of aliphatic hydroxyl groups is 2. The second-order valence-corrected chi connectivity index (χ2v) is 4.93. The lowest BCUT2D eigenvalue weighted by atomic mass is 9.96. The summed E-state index contributed by atoms with van der Waals surface area (Å²) in [6.07, 6.45) is 4.16. The van der Waals surface area contributed by atoms with Crippen LogP contribution in [0, 0.1) is 0 Å². The highest BCUT2D eigenvalue weighted by molar-refractivity contribution is 8.00. The van der Waals surface area contributed by atoms with Crippen LogP contribution in [0.15, 0.2) is 0 Å². The van der Waals surface area contributed by atoms with Crippen molar-refractivity contribution in [2.75, 3.05) is 12.4 Å². The van der Waals surface area contributed by atoms with Crippen LogP contribution in [0.3, 0.4) is 0 Å². The summed E-state index contributed by atoms with van der Waals surface area (Å²) in [7, 11) is 0. The summed E-state index contributed by atoms with van der Waals surface area (Å²) in [6, 6.07) is 0.282. The average molecular weight is 205 g/mol. The lowest BCUT2D eigenvalue weighted by Crippen LogP contribution is -2.36. The van der Waals surface area contributed by atoms with Gasteiger partial charge >= 0.3 is 0 Å². The second kappa shape index (κ2) is 5.86. The van der Waals surface area contributed by atoms with Gasteiger partial charge in [0.25, 0.3) is 0 Å². The Morgan fingerprint density at radius 1 is 1.38 bits per heavy atom. The van der Waals surface area contributed by atoms with E-state index in [0.29, 0.717) is 11.0 Å². The van der Waals surface area contributed by atoms with Gasteiger partial charge in [0.05, 0.1) is 12.7 Å². The first-order chi connectivity index (χ1) is 6.24. The molecule has 0 aromatic carbocycles. The summed E-state index contributed by atoms with van der Waals surface area (Å²) < 4.78 is 0. The Balaban J connectivity index is 2.18. The molecule has 0 amide bonds. The van der Waals surface area contributed by atoms with E-state index in [1.54, 1.807) is 11.8 Å². The van der Waals surface area contributed by atoms with E-state index in [1.165, 1.54) is 12.8 Å². The van der Waals surface area contributed by atoms with Gasteiger partial charge in [-0.25, -0.2) is 0 Å². The number of aliphatic hydroxyl groups excluding tert-OH is 2. The van der Waals surface area contributed by atoms with Gasteiger partial charge in [0, 0.05) is 17.0 Å². The van der Waals surface area contributed by atoms with Crippen molar-refractivity contribution in [1.82, 2.24) is 0 Å². The Morgan fingerprint density at radius 2 is 2.08 bits per heavy atom. The molecular weight excluding hydrogens is 186 g/mol. The fraction of sp³-hybridized carbons (Fsp3) is 1.00. The van der Waals surface area contributed by atoms with Crippen LogP contribution in [-0.4, -0.2) is 40.0 Å². The van der Waals surface area contributed by atoms with E-state index in [9.17, 15) is 0 Å².